The molecule has 2 aromatic heterocycles. The Morgan fingerprint density at radius 3 is 2.71 bits per heavy atom. The van der Waals surface area contributed by atoms with E-state index in [0.717, 1.165) is 43.7 Å². The van der Waals surface area contributed by atoms with Gasteiger partial charge in [-0.1, -0.05) is 28.1 Å². The van der Waals surface area contributed by atoms with Gasteiger partial charge in [-0.05, 0) is 74.4 Å². The first-order valence-electron chi connectivity index (χ1n) is 8.99. The number of halogens is 1. The second-order valence-electron chi connectivity index (χ2n) is 6.92. The summed E-state index contributed by atoms with van der Waals surface area (Å²) in [5.74, 6) is 0.593. The molecule has 0 bridgehead atoms. The van der Waals surface area contributed by atoms with Crippen LogP contribution in [0.15, 0.2) is 53.0 Å². The highest BCUT2D eigenvalue weighted by Crippen LogP contribution is 2.26. The molecule has 0 atom stereocenters. The Morgan fingerprint density at radius 2 is 1.96 bits per heavy atom. The predicted molar refractivity (Wildman–Crippen MR) is 117 cm³/mol. The number of aromatic amines is 1. The number of allylic oxidation sites excluding steroid dienone is 1. The SMILES string of the molecule is Cc1ccc2nc(C(C#N)=Cc3cc(C)n(-c4cccc(Br)c4)c3C)[nH]c2c1. The number of hydrogen-bond acceptors (Lipinski definition) is 2. The summed E-state index contributed by atoms with van der Waals surface area (Å²) in [6.07, 6.45) is 1.90. The van der Waals surface area contributed by atoms with E-state index in [1.165, 1.54) is 0 Å². The van der Waals surface area contributed by atoms with Crippen LogP contribution in [0, 0.1) is 32.1 Å². The van der Waals surface area contributed by atoms with Crippen molar-refractivity contribution in [3.8, 4) is 11.8 Å². The van der Waals surface area contributed by atoms with Crippen LogP contribution in [0.2, 0.25) is 0 Å². The first-order valence-corrected chi connectivity index (χ1v) is 9.79. The van der Waals surface area contributed by atoms with Gasteiger partial charge in [0.2, 0.25) is 0 Å². The zero-order valence-corrected chi connectivity index (χ0v) is 17.5. The molecule has 138 valence electrons. The number of H-pyrrole nitrogens is 1. The number of hydrogen-bond donors (Lipinski definition) is 1. The van der Waals surface area contributed by atoms with Crippen LogP contribution >= 0.6 is 15.9 Å². The minimum absolute atomic E-state index is 0.517. The Labute approximate surface area is 172 Å². The van der Waals surface area contributed by atoms with E-state index in [4.69, 9.17) is 0 Å². The summed E-state index contributed by atoms with van der Waals surface area (Å²) in [7, 11) is 0. The van der Waals surface area contributed by atoms with Crippen molar-refractivity contribution in [3.05, 3.63) is 81.3 Å². The number of rotatable bonds is 3. The Balaban J connectivity index is 1.80. The average Bonchev–Trinajstić information content (AvgIpc) is 3.19. The molecule has 4 aromatic rings. The Bertz CT molecular complexity index is 1270. The molecular formula is C23H19BrN4. The smallest absolute Gasteiger partial charge is 0.149 e. The highest BCUT2D eigenvalue weighted by Gasteiger charge is 2.13. The number of benzene rings is 2. The molecule has 0 amide bonds. The van der Waals surface area contributed by atoms with Crippen LogP contribution < -0.4 is 0 Å². The summed E-state index contributed by atoms with van der Waals surface area (Å²) in [4.78, 5) is 7.86. The van der Waals surface area contributed by atoms with Crippen molar-refractivity contribution in [2.45, 2.75) is 20.8 Å². The topological polar surface area (TPSA) is 57.4 Å². The quantitative estimate of drug-likeness (QED) is 0.398. The molecule has 0 aliphatic carbocycles. The van der Waals surface area contributed by atoms with Crippen LogP contribution in [0.5, 0.6) is 0 Å². The third-order valence-electron chi connectivity index (χ3n) is 4.85. The second kappa shape index (κ2) is 7.14. The first-order chi connectivity index (χ1) is 13.5. The van der Waals surface area contributed by atoms with Gasteiger partial charge >= 0.3 is 0 Å². The van der Waals surface area contributed by atoms with Crippen LogP contribution in [0.4, 0.5) is 0 Å². The number of nitriles is 1. The largest absolute Gasteiger partial charge is 0.337 e. The molecular weight excluding hydrogens is 412 g/mol. The van der Waals surface area contributed by atoms with Crippen molar-refractivity contribution in [2.24, 2.45) is 0 Å². The van der Waals surface area contributed by atoms with E-state index >= 15 is 0 Å². The molecule has 5 heteroatoms. The summed E-state index contributed by atoms with van der Waals surface area (Å²) in [6, 6.07) is 18.6. The third-order valence-corrected chi connectivity index (χ3v) is 5.34. The van der Waals surface area contributed by atoms with Gasteiger partial charge in [-0.2, -0.15) is 5.26 Å². The zero-order valence-electron chi connectivity index (χ0n) is 15.9. The normalized spacial score (nSPS) is 11.8. The molecule has 0 radical (unpaired) electrons. The number of imidazole rings is 1. The number of aromatic nitrogens is 3. The van der Waals surface area contributed by atoms with Crippen molar-refractivity contribution in [1.29, 1.82) is 5.26 Å². The summed E-state index contributed by atoms with van der Waals surface area (Å²) in [5, 5.41) is 9.75. The molecule has 4 rings (SSSR count). The Kier molecular flexibility index (Phi) is 4.66. The zero-order chi connectivity index (χ0) is 19.8. The fourth-order valence-corrected chi connectivity index (χ4v) is 3.89. The van der Waals surface area contributed by atoms with Gasteiger partial charge < -0.3 is 9.55 Å². The molecule has 2 heterocycles. The van der Waals surface area contributed by atoms with Gasteiger partial charge in [0, 0.05) is 21.5 Å². The minimum Gasteiger partial charge on any atom is -0.337 e. The van der Waals surface area contributed by atoms with Crippen molar-refractivity contribution < 1.29 is 0 Å². The fourth-order valence-electron chi connectivity index (χ4n) is 3.51. The monoisotopic (exact) mass is 430 g/mol. The van der Waals surface area contributed by atoms with E-state index in [1.807, 2.05) is 43.3 Å². The maximum Gasteiger partial charge on any atom is 0.149 e. The van der Waals surface area contributed by atoms with Crippen LogP contribution in [0.25, 0.3) is 28.4 Å². The molecule has 2 aromatic carbocycles. The molecule has 4 nitrogen and oxygen atoms in total. The molecule has 0 saturated heterocycles. The summed E-state index contributed by atoms with van der Waals surface area (Å²) >= 11 is 3.54. The molecule has 0 spiro atoms. The highest BCUT2D eigenvalue weighted by molar-refractivity contribution is 9.10. The van der Waals surface area contributed by atoms with Crippen LogP contribution in [0.1, 0.15) is 28.3 Å². The standard InChI is InChI=1S/C23H19BrN4/c1-14-7-8-21-22(9-14)27-23(26-21)18(13-25)11-17-10-15(2)28(16(17)3)20-6-4-5-19(24)12-20/h4-12H,1-3H3,(H,26,27). The van der Waals surface area contributed by atoms with Crippen LogP contribution in [0.3, 0.4) is 0 Å². The van der Waals surface area contributed by atoms with Crippen molar-refractivity contribution in [1.82, 2.24) is 14.5 Å². The maximum absolute atomic E-state index is 9.75. The summed E-state index contributed by atoms with van der Waals surface area (Å²) in [5.41, 5.74) is 7.75. The lowest BCUT2D eigenvalue weighted by Gasteiger charge is -2.10. The fraction of sp³-hybridized carbons (Fsp3) is 0.130. The Morgan fingerprint density at radius 1 is 1.14 bits per heavy atom. The number of fused-ring (bicyclic) bond motifs is 1. The van der Waals surface area contributed by atoms with E-state index in [1.54, 1.807) is 0 Å². The molecule has 0 aliphatic rings. The van der Waals surface area contributed by atoms with Gasteiger partial charge in [-0.25, -0.2) is 4.98 Å². The van der Waals surface area contributed by atoms with Gasteiger partial charge in [-0.15, -0.1) is 0 Å². The molecule has 1 N–H and O–H groups in total. The lowest BCUT2D eigenvalue weighted by atomic mass is 10.1. The number of nitrogens with zero attached hydrogens (tertiary/aromatic N) is 3. The van der Waals surface area contributed by atoms with E-state index < -0.39 is 0 Å². The van der Waals surface area contributed by atoms with Crippen molar-refractivity contribution in [3.63, 3.8) is 0 Å². The lowest BCUT2D eigenvalue weighted by Crippen LogP contribution is -1.98. The van der Waals surface area contributed by atoms with Crippen LogP contribution in [-0.2, 0) is 0 Å². The molecule has 28 heavy (non-hydrogen) atoms. The number of nitrogens with one attached hydrogen (secondary N) is 1. The average molecular weight is 431 g/mol. The van der Waals surface area contributed by atoms with Gasteiger partial charge in [0.25, 0.3) is 0 Å². The van der Waals surface area contributed by atoms with Gasteiger partial charge in [-0.3, -0.25) is 0 Å². The molecule has 0 unspecified atom stereocenters. The summed E-state index contributed by atoms with van der Waals surface area (Å²) < 4.78 is 3.22. The molecule has 0 aliphatic heterocycles. The van der Waals surface area contributed by atoms with Gasteiger partial charge in [0.05, 0.1) is 16.6 Å². The van der Waals surface area contributed by atoms with E-state index in [9.17, 15) is 5.26 Å². The summed E-state index contributed by atoms with van der Waals surface area (Å²) in [6.45, 7) is 6.18. The lowest BCUT2D eigenvalue weighted by molar-refractivity contribution is 0.963. The van der Waals surface area contributed by atoms with E-state index in [-0.39, 0.29) is 0 Å². The molecule has 0 fully saturated rings. The minimum atomic E-state index is 0.517. The molecule has 0 saturated carbocycles. The van der Waals surface area contributed by atoms with Crippen molar-refractivity contribution >= 4 is 38.6 Å². The van der Waals surface area contributed by atoms with Gasteiger partial charge in [0.1, 0.15) is 11.9 Å². The third kappa shape index (κ3) is 3.28. The highest BCUT2D eigenvalue weighted by atomic mass is 79.9. The van der Waals surface area contributed by atoms with E-state index in [0.29, 0.717) is 11.4 Å². The van der Waals surface area contributed by atoms with Crippen molar-refractivity contribution in [2.75, 3.05) is 0 Å². The Hall–Kier alpha value is -3.10. The van der Waals surface area contributed by atoms with E-state index in [2.05, 4.69) is 68.6 Å². The first kappa shape index (κ1) is 18.3. The maximum atomic E-state index is 9.75. The predicted octanol–water partition coefficient (Wildman–Crippen LogP) is 6.11. The number of aryl methyl sites for hydroxylation is 2. The second-order valence-corrected chi connectivity index (χ2v) is 7.83. The van der Waals surface area contributed by atoms with Crippen LogP contribution in [-0.4, -0.2) is 14.5 Å². The van der Waals surface area contributed by atoms with Gasteiger partial charge in [0.15, 0.2) is 0 Å².